The summed E-state index contributed by atoms with van der Waals surface area (Å²) in [7, 11) is 1.62. The van der Waals surface area contributed by atoms with Crippen LogP contribution in [-0.4, -0.2) is 37.1 Å². The van der Waals surface area contributed by atoms with E-state index < -0.39 is 0 Å². The molecule has 0 unspecified atom stereocenters. The lowest BCUT2D eigenvalue weighted by Crippen LogP contribution is -2.26. The number of hydrogen-bond acceptors (Lipinski definition) is 4. The van der Waals surface area contributed by atoms with Gasteiger partial charge in [-0.05, 0) is 41.5 Å². The third-order valence-electron chi connectivity index (χ3n) is 4.68. The van der Waals surface area contributed by atoms with E-state index in [-0.39, 0.29) is 29.3 Å². The van der Waals surface area contributed by atoms with E-state index in [1.807, 2.05) is 18.2 Å². The van der Waals surface area contributed by atoms with Crippen LogP contribution in [0, 0.1) is 0 Å². The number of carbonyl (C=O) groups excluding carboxylic acids is 2. The molecule has 2 N–H and O–H groups in total. The first-order chi connectivity index (χ1) is 13.8. The monoisotopic (exact) mass is 397 g/mol. The van der Waals surface area contributed by atoms with Crippen LogP contribution in [0.2, 0.25) is 0 Å². The van der Waals surface area contributed by atoms with Crippen molar-refractivity contribution in [3.63, 3.8) is 0 Å². The Bertz CT molecular complexity index is 821. The molecule has 0 atom stereocenters. The summed E-state index contributed by atoms with van der Waals surface area (Å²) in [6, 6.07) is 9.24. The van der Waals surface area contributed by atoms with Crippen LogP contribution in [0.4, 0.5) is 5.69 Å². The molecule has 6 nitrogen and oxygen atoms in total. The minimum absolute atomic E-state index is 0.219. The SMILES string of the molecule is COCCCNC(=O)c1cc(C(=O)Nc2c(C(C)C)cccc2C(C)C)ccn1. The van der Waals surface area contributed by atoms with E-state index in [0.29, 0.717) is 25.1 Å². The van der Waals surface area contributed by atoms with Gasteiger partial charge in [-0.15, -0.1) is 0 Å². The van der Waals surface area contributed by atoms with Gasteiger partial charge in [0, 0.05) is 37.7 Å². The van der Waals surface area contributed by atoms with Crippen LogP contribution >= 0.6 is 0 Å². The van der Waals surface area contributed by atoms with Crippen LogP contribution in [0.3, 0.4) is 0 Å². The van der Waals surface area contributed by atoms with E-state index in [1.54, 1.807) is 13.2 Å². The quantitative estimate of drug-likeness (QED) is 0.617. The number of nitrogens with zero attached hydrogens (tertiary/aromatic N) is 1. The van der Waals surface area contributed by atoms with Crippen molar-refractivity contribution in [3.05, 3.63) is 58.9 Å². The van der Waals surface area contributed by atoms with Crippen LogP contribution in [0.5, 0.6) is 0 Å². The van der Waals surface area contributed by atoms with Crippen LogP contribution in [0.15, 0.2) is 36.5 Å². The van der Waals surface area contributed by atoms with Gasteiger partial charge in [-0.2, -0.15) is 0 Å². The highest BCUT2D eigenvalue weighted by molar-refractivity contribution is 6.06. The van der Waals surface area contributed by atoms with E-state index in [0.717, 1.165) is 16.8 Å². The Hall–Kier alpha value is -2.73. The number of ether oxygens (including phenoxy) is 1. The number of para-hydroxylation sites is 1. The summed E-state index contributed by atoms with van der Waals surface area (Å²) in [5, 5.41) is 5.85. The van der Waals surface area contributed by atoms with Crippen molar-refractivity contribution in [2.75, 3.05) is 25.6 Å². The zero-order valence-corrected chi connectivity index (χ0v) is 17.9. The maximum Gasteiger partial charge on any atom is 0.269 e. The summed E-state index contributed by atoms with van der Waals surface area (Å²) in [6.07, 6.45) is 2.20. The molecule has 1 aromatic heterocycles. The maximum absolute atomic E-state index is 13.0. The van der Waals surface area contributed by atoms with Gasteiger partial charge in [0.25, 0.3) is 11.8 Å². The van der Waals surface area contributed by atoms with Crippen molar-refractivity contribution in [2.45, 2.75) is 46.0 Å². The maximum atomic E-state index is 13.0. The molecule has 6 heteroatoms. The zero-order chi connectivity index (χ0) is 21.4. The van der Waals surface area contributed by atoms with Crippen molar-refractivity contribution < 1.29 is 14.3 Å². The molecule has 1 aromatic carbocycles. The number of aromatic nitrogens is 1. The highest BCUT2D eigenvalue weighted by Gasteiger charge is 2.18. The molecule has 0 aliphatic heterocycles. The molecule has 1 heterocycles. The molecule has 0 radical (unpaired) electrons. The lowest BCUT2D eigenvalue weighted by molar-refractivity contribution is 0.0943. The summed E-state index contributed by atoms with van der Waals surface area (Å²) in [6.45, 7) is 9.48. The summed E-state index contributed by atoms with van der Waals surface area (Å²) >= 11 is 0. The molecule has 0 spiro atoms. The predicted molar refractivity (Wildman–Crippen MR) is 116 cm³/mol. The molecule has 0 aliphatic carbocycles. The second kappa shape index (κ2) is 10.7. The topological polar surface area (TPSA) is 80.3 Å². The number of anilines is 1. The smallest absolute Gasteiger partial charge is 0.269 e. The van der Waals surface area contributed by atoms with Gasteiger partial charge in [0.05, 0.1) is 0 Å². The molecule has 0 saturated heterocycles. The van der Waals surface area contributed by atoms with Crippen molar-refractivity contribution >= 4 is 17.5 Å². The average Bonchev–Trinajstić information content (AvgIpc) is 2.70. The Kier molecular flexibility index (Phi) is 8.34. The number of benzene rings is 1. The number of nitrogens with one attached hydrogen (secondary N) is 2. The van der Waals surface area contributed by atoms with Gasteiger partial charge in [0.2, 0.25) is 0 Å². The number of hydrogen-bond donors (Lipinski definition) is 2. The minimum atomic E-state index is -0.304. The fraction of sp³-hybridized carbons (Fsp3) is 0.435. The van der Waals surface area contributed by atoms with Crippen molar-refractivity contribution in [3.8, 4) is 0 Å². The number of carbonyl (C=O) groups is 2. The van der Waals surface area contributed by atoms with Crippen molar-refractivity contribution in [2.24, 2.45) is 0 Å². The summed E-state index contributed by atoms with van der Waals surface area (Å²) in [5.74, 6) is -0.0122. The predicted octanol–water partition coefficient (Wildman–Crippen LogP) is 4.35. The Morgan fingerprint density at radius 3 is 2.28 bits per heavy atom. The van der Waals surface area contributed by atoms with Gasteiger partial charge in [-0.25, -0.2) is 0 Å². The largest absolute Gasteiger partial charge is 0.385 e. The first-order valence-electron chi connectivity index (χ1n) is 10.0. The average molecular weight is 398 g/mol. The number of pyridine rings is 1. The Morgan fingerprint density at radius 2 is 1.69 bits per heavy atom. The second-order valence-corrected chi connectivity index (χ2v) is 7.61. The Morgan fingerprint density at radius 1 is 1.03 bits per heavy atom. The first kappa shape index (κ1) is 22.6. The van der Waals surface area contributed by atoms with E-state index in [1.165, 1.54) is 12.3 Å². The fourth-order valence-electron chi connectivity index (χ4n) is 3.09. The van der Waals surface area contributed by atoms with E-state index >= 15 is 0 Å². The Labute approximate surface area is 173 Å². The number of methoxy groups -OCH3 is 1. The molecule has 0 bridgehead atoms. The highest BCUT2D eigenvalue weighted by Crippen LogP contribution is 2.32. The third kappa shape index (κ3) is 6.12. The lowest BCUT2D eigenvalue weighted by Gasteiger charge is -2.20. The van der Waals surface area contributed by atoms with Gasteiger partial charge >= 0.3 is 0 Å². The van der Waals surface area contributed by atoms with Gasteiger partial charge in [-0.1, -0.05) is 45.9 Å². The zero-order valence-electron chi connectivity index (χ0n) is 17.9. The van der Waals surface area contributed by atoms with Crippen molar-refractivity contribution in [1.29, 1.82) is 0 Å². The molecule has 0 saturated carbocycles. The standard InChI is InChI=1S/C23H31N3O3/c1-15(2)18-8-6-9-19(16(3)4)21(18)26-22(27)17-10-12-24-20(14-17)23(28)25-11-7-13-29-5/h6,8-10,12,14-16H,7,11,13H2,1-5H3,(H,25,28)(H,26,27). The molecule has 2 rings (SSSR count). The van der Waals surface area contributed by atoms with Crippen LogP contribution in [0.25, 0.3) is 0 Å². The van der Waals surface area contributed by atoms with E-state index in [4.69, 9.17) is 4.74 Å². The summed E-state index contributed by atoms with van der Waals surface area (Å²) < 4.78 is 4.97. The molecule has 2 aromatic rings. The van der Waals surface area contributed by atoms with Gasteiger partial charge in [0.1, 0.15) is 5.69 Å². The fourth-order valence-corrected chi connectivity index (χ4v) is 3.09. The van der Waals surface area contributed by atoms with E-state index in [9.17, 15) is 9.59 Å². The van der Waals surface area contributed by atoms with Gasteiger partial charge < -0.3 is 15.4 Å². The molecule has 156 valence electrons. The highest BCUT2D eigenvalue weighted by atomic mass is 16.5. The Balaban J connectivity index is 2.21. The molecular weight excluding hydrogens is 366 g/mol. The summed E-state index contributed by atoms with van der Waals surface area (Å²) in [5.41, 5.74) is 3.65. The first-order valence-corrected chi connectivity index (χ1v) is 10.0. The molecule has 0 aliphatic rings. The van der Waals surface area contributed by atoms with Gasteiger partial charge in [0.15, 0.2) is 0 Å². The molecular formula is C23H31N3O3. The minimum Gasteiger partial charge on any atom is -0.385 e. The van der Waals surface area contributed by atoms with Crippen LogP contribution in [0.1, 0.15) is 77.9 Å². The normalized spacial score (nSPS) is 11.0. The lowest BCUT2D eigenvalue weighted by atomic mass is 9.92. The second-order valence-electron chi connectivity index (χ2n) is 7.61. The van der Waals surface area contributed by atoms with Crippen LogP contribution < -0.4 is 10.6 Å². The molecule has 0 fully saturated rings. The van der Waals surface area contributed by atoms with Crippen LogP contribution in [-0.2, 0) is 4.74 Å². The molecule has 29 heavy (non-hydrogen) atoms. The number of rotatable bonds is 9. The van der Waals surface area contributed by atoms with Crippen molar-refractivity contribution in [1.82, 2.24) is 10.3 Å². The summed E-state index contributed by atoms with van der Waals surface area (Å²) in [4.78, 5) is 29.3. The van der Waals surface area contributed by atoms with E-state index in [2.05, 4.69) is 43.3 Å². The molecule has 2 amide bonds. The number of amides is 2. The van der Waals surface area contributed by atoms with Gasteiger partial charge in [-0.3, -0.25) is 14.6 Å². The third-order valence-corrected chi connectivity index (χ3v) is 4.68.